The van der Waals surface area contributed by atoms with E-state index in [2.05, 4.69) is 21.2 Å². The number of carboxylic acids is 1. The van der Waals surface area contributed by atoms with Crippen molar-refractivity contribution in [3.8, 4) is 0 Å². The van der Waals surface area contributed by atoms with Crippen LogP contribution in [0.3, 0.4) is 0 Å². The Morgan fingerprint density at radius 1 is 1.30 bits per heavy atom. The van der Waals surface area contributed by atoms with Crippen molar-refractivity contribution < 1.29 is 14.3 Å². The minimum atomic E-state index is -1.08. The van der Waals surface area contributed by atoms with Gasteiger partial charge in [-0.2, -0.15) is 0 Å². The van der Waals surface area contributed by atoms with Crippen LogP contribution in [-0.4, -0.2) is 11.1 Å². The normalized spacial score (nSPS) is 10.3. The van der Waals surface area contributed by atoms with Gasteiger partial charge in [0, 0.05) is 11.0 Å². The highest BCUT2D eigenvalue weighted by Gasteiger charge is 2.08. The number of aromatic carboxylic acids is 1. The van der Waals surface area contributed by atoms with Crippen LogP contribution in [0.15, 0.2) is 40.9 Å². The molecule has 5 heteroatoms. The molecular formula is C15H13BrFNO2. The van der Waals surface area contributed by atoms with Crippen LogP contribution < -0.4 is 5.32 Å². The summed E-state index contributed by atoms with van der Waals surface area (Å²) in [5.41, 5.74) is 2.33. The fourth-order valence-corrected chi connectivity index (χ4v) is 2.16. The van der Waals surface area contributed by atoms with E-state index in [-0.39, 0.29) is 11.3 Å². The maximum Gasteiger partial charge on any atom is 0.335 e. The summed E-state index contributed by atoms with van der Waals surface area (Å²) < 4.78 is 14.6. The van der Waals surface area contributed by atoms with Crippen molar-refractivity contribution in [2.45, 2.75) is 13.5 Å². The number of nitrogens with one attached hydrogen (secondary N) is 1. The molecule has 0 amide bonds. The zero-order valence-corrected chi connectivity index (χ0v) is 12.4. The highest BCUT2D eigenvalue weighted by Crippen LogP contribution is 2.20. The van der Waals surface area contributed by atoms with E-state index in [1.165, 1.54) is 12.1 Å². The number of hydrogen-bond donors (Lipinski definition) is 2. The minimum absolute atomic E-state index is 0.0546. The molecule has 0 aliphatic rings. The van der Waals surface area contributed by atoms with Crippen LogP contribution in [0.4, 0.5) is 10.1 Å². The minimum Gasteiger partial charge on any atom is -0.478 e. The standard InChI is InChI=1S/C15H13BrFNO2/c1-9-2-3-10(6-12(9)16)8-18-14-7-11(15(19)20)4-5-13(14)17/h2-7,18H,8H2,1H3,(H,19,20). The monoisotopic (exact) mass is 337 g/mol. The number of halogens is 2. The number of carbonyl (C=O) groups is 1. The van der Waals surface area contributed by atoms with Gasteiger partial charge in [-0.15, -0.1) is 0 Å². The van der Waals surface area contributed by atoms with Crippen molar-refractivity contribution in [3.05, 3.63) is 63.4 Å². The van der Waals surface area contributed by atoms with E-state index in [0.29, 0.717) is 6.54 Å². The molecule has 0 unspecified atom stereocenters. The van der Waals surface area contributed by atoms with Crippen molar-refractivity contribution in [1.82, 2.24) is 0 Å². The number of carboxylic acid groups (broad SMARTS) is 1. The van der Waals surface area contributed by atoms with Gasteiger partial charge in [-0.05, 0) is 42.3 Å². The van der Waals surface area contributed by atoms with E-state index in [9.17, 15) is 9.18 Å². The maximum atomic E-state index is 13.6. The van der Waals surface area contributed by atoms with Crippen molar-refractivity contribution in [3.63, 3.8) is 0 Å². The molecule has 0 saturated heterocycles. The average Bonchev–Trinajstić information content (AvgIpc) is 2.41. The van der Waals surface area contributed by atoms with E-state index < -0.39 is 11.8 Å². The molecule has 0 fully saturated rings. The molecule has 0 spiro atoms. The van der Waals surface area contributed by atoms with Gasteiger partial charge in [0.25, 0.3) is 0 Å². The summed E-state index contributed by atoms with van der Waals surface area (Å²) in [6.45, 7) is 2.40. The summed E-state index contributed by atoms with van der Waals surface area (Å²) in [6, 6.07) is 9.53. The Bertz CT molecular complexity index is 658. The number of anilines is 1. The quantitative estimate of drug-likeness (QED) is 0.878. The molecule has 2 N–H and O–H groups in total. The number of rotatable bonds is 4. The molecule has 0 atom stereocenters. The largest absolute Gasteiger partial charge is 0.478 e. The lowest BCUT2D eigenvalue weighted by molar-refractivity contribution is 0.0697. The Labute approximate surface area is 124 Å². The van der Waals surface area contributed by atoms with Crippen molar-refractivity contribution in [1.29, 1.82) is 0 Å². The lowest BCUT2D eigenvalue weighted by Gasteiger charge is -2.09. The second-order valence-electron chi connectivity index (χ2n) is 4.44. The van der Waals surface area contributed by atoms with Crippen LogP contribution in [-0.2, 0) is 6.54 Å². The molecular weight excluding hydrogens is 325 g/mol. The molecule has 0 heterocycles. The summed E-state index contributed by atoms with van der Waals surface area (Å²) in [5.74, 6) is -1.55. The van der Waals surface area contributed by atoms with E-state index in [1.54, 1.807) is 0 Å². The van der Waals surface area contributed by atoms with Gasteiger partial charge in [-0.3, -0.25) is 0 Å². The highest BCUT2D eigenvalue weighted by molar-refractivity contribution is 9.10. The van der Waals surface area contributed by atoms with Crippen molar-refractivity contribution in [2.75, 3.05) is 5.32 Å². The van der Waals surface area contributed by atoms with Crippen molar-refractivity contribution in [2.24, 2.45) is 0 Å². The molecule has 0 radical (unpaired) electrons. The van der Waals surface area contributed by atoms with Crippen LogP contribution in [0.1, 0.15) is 21.5 Å². The molecule has 0 aromatic heterocycles. The summed E-state index contributed by atoms with van der Waals surface area (Å²) in [4.78, 5) is 10.9. The van der Waals surface area contributed by atoms with Gasteiger partial charge in [0.2, 0.25) is 0 Å². The van der Waals surface area contributed by atoms with Crippen LogP contribution in [0.25, 0.3) is 0 Å². The summed E-state index contributed by atoms with van der Waals surface area (Å²) in [7, 11) is 0. The van der Waals surface area contributed by atoms with Gasteiger partial charge in [0.15, 0.2) is 0 Å². The lowest BCUT2D eigenvalue weighted by atomic mass is 10.1. The predicted octanol–water partition coefficient (Wildman–Crippen LogP) is 4.21. The Hall–Kier alpha value is -1.88. The third kappa shape index (κ3) is 3.36. The van der Waals surface area contributed by atoms with Crippen molar-refractivity contribution >= 4 is 27.6 Å². The first-order chi connectivity index (χ1) is 9.47. The van der Waals surface area contributed by atoms with Gasteiger partial charge >= 0.3 is 5.97 Å². The second kappa shape index (κ2) is 6.05. The molecule has 0 bridgehead atoms. The first-order valence-corrected chi connectivity index (χ1v) is 6.78. The second-order valence-corrected chi connectivity index (χ2v) is 5.29. The smallest absolute Gasteiger partial charge is 0.335 e. The lowest BCUT2D eigenvalue weighted by Crippen LogP contribution is -2.04. The maximum absolute atomic E-state index is 13.6. The Morgan fingerprint density at radius 3 is 2.70 bits per heavy atom. The SMILES string of the molecule is Cc1ccc(CNc2cc(C(=O)O)ccc2F)cc1Br. The molecule has 104 valence electrons. The van der Waals surface area contributed by atoms with Gasteiger partial charge in [-0.25, -0.2) is 9.18 Å². The van der Waals surface area contributed by atoms with Crippen LogP contribution in [0, 0.1) is 12.7 Å². The van der Waals surface area contributed by atoms with Crippen LogP contribution >= 0.6 is 15.9 Å². The van der Waals surface area contributed by atoms with Crippen LogP contribution in [0.2, 0.25) is 0 Å². The van der Waals surface area contributed by atoms with E-state index >= 15 is 0 Å². The molecule has 3 nitrogen and oxygen atoms in total. The Kier molecular flexibility index (Phi) is 4.39. The molecule has 20 heavy (non-hydrogen) atoms. The van der Waals surface area contributed by atoms with Gasteiger partial charge in [0.1, 0.15) is 5.82 Å². The van der Waals surface area contributed by atoms with Gasteiger partial charge in [0.05, 0.1) is 11.3 Å². The van der Waals surface area contributed by atoms with E-state index in [4.69, 9.17) is 5.11 Å². The van der Waals surface area contributed by atoms with E-state index in [1.807, 2.05) is 25.1 Å². The highest BCUT2D eigenvalue weighted by atomic mass is 79.9. The Morgan fingerprint density at radius 2 is 2.05 bits per heavy atom. The third-order valence-electron chi connectivity index (χ3n) is 2.93. The molecule has 0 aliphatic heterocycles. The number of hydrogen-bond acceptors (Lipinski definition) is 2. The fourth-order valence-electron chi connectivity index (χ4n) is 1.74. The Balaban J connectivity index is 2.15. The summed E-state index contributed by atoms with van der Waals surface area (Å²) in [5, 5.41) is 11.8. The molecule has 2 aromatic carbocycles. The first-order valence-electron chi connectivity index (χ1n) is 5.99. The zero-order valence-electron chi connectivity index (χ0n) is 10.8. The van der Waals surface area contributed by atoms with E-state index in [0.717, 1.165) is 21.7 Å². The predicted molar refractivity (Wildman–Crippen MR) is 79.6 cm³/mol. The fraction of sp³-hybridized carbons (Fsp3) is 0.133. The van der Waals surface area contributed by atoms with Crippen LogP contribution in [0.5, 0.6) is 0 Å². The summed E-state index contributed by atoms with van der Waals surface area (Å²) in [6.07, 6.45) is 0. The molecule has 2 aromatic rings. The number of benzene rings is 2. The molecule has 0 saturated carbocycles. The summed E-state index contributed by atoms with van der Waals surface area (Å²) >= 11 is 3.44. The topological polar surface area (TPSA) is 49.3 Å². The molecule has 2 rings (SSSR count). The molecule has 0 aliphatic carbocycles. The number of aryl methyl sites for hydroxylation is 1. The van der Waals surface area contributed by atoms with Gasteiger partial charge < -0.3 is 10.4 Å². The average molecular weight is 338 g/mol. The third-order valence-corrected chi connectivity index (χ3v) is 3.79. The zero-order chi connectivity index (χ0) is 14.7. The van der Waals surface area contributed by atoms with Gasteiger partial charge in [-0.1, -0.05) is 28.1 Å². The first kappa shape index (κ1) is 14.5.